The van der Waals surface area contributed by atoms with Crippen LogP contribution in [-0.4, -0.2) is 17.0 Å². The van der Waals surface area contributed by atoms with Gasteiger partial charge in [0.1, 0.15) is 10.7 Å². The van der Waals surface area contributed by atoms with E-state index in [0.29, 0.717) is 11.5 Å². The Morgan fingerprint density at radius 1 is 1.47 bits per heavy atom. The number of pyridine rings is 1. The molecule has 0 saturated heterocycles. The lowest BCUT2D eigenvalue weighted by Crippen LogP contribution is -2.23. The van der Waals surface area contributed by atoms with Crippen molar-refractivity contribution >= 4 is 22.9 Å². The highest BCUT2D eigenvalue weighted by Gasteiger charge is 2.15. The number of nitrogens with zero attached hydrogens (tertiary/aromatic N) is 2. The molecule has 0 bridgehead atoms. The van der Waals surface area contributed by atoms with Crippen LogP contribution in [0.25, 0.3) is 0 Å². The summed E-state index contributed by atoms with van der Waals surface area (Å²) < 4.78 is 5.37. The summed E-state index contributed by atoms with van der Waals surface area (Å²) in [7, 11) is 1.98. The summed E-state index contributed by atoms with van der Waals surface area (Å²) in [5, 5.41) is 0. The van der Waals surface area contributed by atoms with Crippen LogP contribution in [0.15, 0.2) is 28.9 Å². The standard InChI is InChI=1S/C14H17N3OS/c1-9-7-12(13(14(15)19)10(2)16-9)17(3)8-11-5-4-6-18-11/h4-7H,8H2,1-3H3,(H2,15,19). The van der Waals surface area contributed by atoms with E-state index in [-0.39, 0.29) is 0 Å². The summed E-state index contributed by atoms with van der Waals surface area (Å²) in [5.41, 5.74) is 9.43. The molecular formula is C14H17N3OS. The molecule has 0 aliphatic rings. The van der Waals surface area contributed by atoms with Gasteiger partial charge in [-0.1, -0.05) is 12.2 Å². The Morgan fingerprint density at radius 2 is 2.21 bits per heavy atom. The zero-order chi connectivity index (χ0) is 14.0. The van der Waals surface area contributed by atoms with Crippen molar-refractivity contribution in [2.24, 2.45) is 5.73 Å². The molecule has 0 unspecified atom stereocenters. The number of aryl methyl sites for hydroxylation is 2. The fourth-order valence-electron chi connectivity index (χ4n) is 2.14. The SMILES string of the molecule is Cc1cc(N(C)Cc2ccco2)c(C(N)=S)c(C)n1. The Morgan fingerprint density at radius 3 is 2.79 bits per heavy atom. The third-order valence-electron chi connectivity index (χ3n) is 2.94. The normalized spacial score (nSPS) is 10.5. The minimum atomic E-state index is 0.367. The van der Waals surface area contributed by atoms with Gasteiger partial charge in [0, 0.05) is 18.4 Å². The molecule has 0 fully saturated rings. The first-order chi connectivity index (χ1) is 8.99. The van der Waals surface area contributed by atoms with Crippen molar-refractivity contribution < 1.29 is 4.42 Å². The number of hydrogen-bond acceptors (Lipinski definition) is 4. The largest absolute Gasteiger partial charge is 0.467 e. The van der Waals surface area contributed by atoms with E-state index in [4.69, 9.17) is 22.4 Å². The smallest absolute Gasteiger partial charge is 0.123 e. The van der Waals surface area contributed by atoms with Crippen molar-refractivity contribution in [2.45, 2.75) is 20.4 Å². The van der Waals surface area contributed by atoms with E-state index in [9.17, 15) is 0 Å². The number of anilines is 1. The molecule has 0 atom stereocenters. The van der Waals surface area contributed by atoms with Crippen LogP contribution in [0.1, 0.15) is 22.7 Å². The van der Waals surface area contributed by atoms with Gasteiger partial charge in [0.05, 0.1) is 24.1 Å². The van der Waals surface area contributed by atoms with E-state index < -0.39 is 0 Å². The first-order valence-electron chi connectivity index (χ1n) is 6.00. The molecule has 100 valence electrons. The molecule has 0 amide bonds. The third kappa shape index (κ3) is 2.93. The molecule has 2 aromatic heterocycles. The van der Waals surface area contributed by atoms with Crippen molar-refractivity contribution in [1.82, 2.24) is 4.98 Å². The van der Waals surface area contributed by atoms with E-state index in [0.717, 1.165) is 28.4 Å². The zero-order valence-corrected chi connectivity index (χ0v) is 12.1. The van der Waals surface area contributed by atoms with E-state index >= 15 is 0 Å². The molecule has 2 N–H and O–H groups in total. The average Bonchev–Trinajstić information content (AvgIpc) is 2.79. The number of nitrogens with two attached hydrogens (primary N) is 1. The lowest BCUT2D eigenvalue weighted by molar-refractivity contribution is 0.507. The monoisotopic (exact) mass is 275 g/mol. The average molecular weight is 275 g/mol. The van der Waals surface area contributed by atoms with Gasteiger partial charge in [-0.2, -0.15) is 0 Å². The Kier molecular flexibility index (Phi) is 3.85. The molecule has 0 radical (unpaired) electrons. The van der Waals surface area contributed by atoms with Crippen molar-refractivity contribution in [1.29, 1.82) is 0 Å². The molecule has 2 aromatic rings. The zero-order valence-electron chi connectivity index (χ0n) is 11.3. The number of aromatic nitrogens is 1. The summed E-state index contributed by atoms with van der Waals surface area (Å²) >= 11 is 5.14. The second kappa shape index (κ2) is 5.40. The van der Waals surface area contributed by atoms with Crippen molar-refractivity contribution in [3.63, 3.8) is 0 Å². The molecule has 19 heavy (non-hydrogen) atoms. The van der Waals surface area contributed by atoms with Gasteiger partial charge in [-0.25, -0.2) is 0 Å². The van der Waals surface area contributed by atoms with Crippen LogP contribution in [0, 0.1) is 13.8 Å². The molecule has 0 spiro atoms. The summed E-state index contributed by atoms with van der Waals surface area (Å²) in [6.45, 7) is 4.54. The minimum Gasteiger partial charge on any atom is -0.467 e. The van der Waals surface area contributed by atoms with Gasteiger partial charge in [0.25, 0.3) is 0 Å². The molecule has 0 saturated carbocycles. The lowest BCUT2D eigenvalue weighted by atomic mass is 10.1. The van der Waals surface area contributed by atoms with Crippen LogP contribution in [0.4, 0.5) is 5.69 Å². The highest BCUT2D eigenvalue weighted by molar-refractivity contribution is 7.80. The Bertz CT molecular complexity index is 593. The molecule has 5 heteroatoms. The van der Waals surface area contributed by atoms with Crippen LogP contribution >= 0.6 is 12.2 Å². The minimum absolute atomic E-state index is 0.367. The quantitative estimate of drug-likeness (QED) is 0.869. The van der Waals surface area contributed by atoms with Gasteiger partial charge in [0.15, 0.2) is 0 Å². The van der Waals surface area contributed by atoms with Crippen molar-refractivity contribution in [2.75, 3.05) is 11.9 Å². The second-order valence-electron chi connectivity index (χ2n) is 4.54. The van der Waals surface area contributed by atoms with Gasteiger partial charge in [-0.05, 0) is 32.0 Å². The first-order valence-corrected chi connectivity index (χ1v) is 6.41. The predicted molar refractivity (Wildman–Crippen MR) is 80.4 cm³/mol. The van der Waals surface area contributed by atoms with Gasteiger partial charge >= 0.3 is 0 Å². The summed E-state index contributed by atoms with van der Waals surface area (Å²) in [6.07, 6.45) is 1.67. The topological polar surface area (TPSA) is 55.3 Å². The maximum absolute atomic E-state index is 5.82. The summed E-state index contributed by atoms with van der Waals surface area (Å²) in [4.78, 5) is 6.85. The fourth-order valence-corrected chi connectivity index (χ4v) is 2.39. The van der Waals surface area contributed by atoms with Crippen LogP contribution in [0.5, 0.6) is 0 Å². The van der Waals surface area contributed by atoms with Gasteiger partial charge in [0.2, 0.25) is 0 Å². The number of thiocarbonyl (C=S) groups is 1. The summed E-state index contributed by atoms with van der Waals surface area (Å²) in [5.74, 6) is 0.892. The molecular weight excluding hydrogens is 258 g/mol. The Balaban J connectivity index is 2.40. The molecule has 0 aromatic carbocycles. The highest BCUT2D eigenvalue weighted by Crippen LogP contribution is 2.24. The lowest BCUT2D eigenvalue weighted by Gasteiger charge is -2.22. The van der Waals surface area contributed by atoms with Crippen molar-refractivity contribution in [3.05, 3.63) is 47.2 Å². The van der Waals surface area contributed by atoms with Gasteiger partial charge in [-0.15, -0.1) is 0 Å². The van der Waals surface area contributed by atoms with Crippen LogP contribution in [0.2, 0.25) is 0 Å². The fraction of sp³-hybridized carbons (Fsp3) is 0.286. The molecule has 4 nitrogen and oxygen atoms in total. The molecule has 2 rings (SSSR count). The van der Waals surface area contributed by atoms with Crippen molar-refractivity contribution in [3.8, 4) is 0 Å². The maximum atomic E-state index is 5.82. The number of hydrogen-bond donors (Lipinski definition) is 1. The Hall–Kier alpha value is -1.88. The number of furan rings is 1. The molecule has 2 heterocycles. The number of rotatable bonds is 4. The van der Waals surface area contributed by atoms with Crippen LogP contribution in [0.3, 0.4) is 0 Å². The molecule has 0 aliphatic carbocycles. The van der Waals surface area contributed by atoms with E-state index in [2.05, 4.69) is 9.88 Å². The van der Waals surface area contributed by atoms with E-state index in [1.807, 2.05) is 39.1 Å². The highest BCUT2D eigenvalue weighted by atomic mass is 32.1. The van der Waals surface area contributed by atoms with Gasteiger partial charge in [-0.3, -0.25) is 4.98 Å². The van der Waals surface area contributed by atoms with Gasteiger partial charge < -0.3 is 15.1 Å². The van der Waals surface area contributed by atoms with Crippen LogP contribution < -0.4 is 10.6 Å². The maximum Gasteiger partial charge on any atom is 0.123 e. The summed E-state index contributed by atoms with van der Waals surface area (Å²) in [6, 6.07) is 5.81. The molecule has 0 aliphatic heterocycles. The van der Waals surface area contributed by atoms with E-state index in [1.54, 1.807) is 6.26 Å². The second-order valence-corrected chi connectivity index (χ2v) is 4.98. The van der Waals surface area contributed by atoms with E-state index in [1.165, 1.54) is 0 Å². The predicted octanol–water partition coefficient (Wildman–Crippen LogP) is 2.56. The van der Waals surface area contributed by atoms with Crippen LogP contribution in [-0.2, 0) is 6.54 Å². The first kappa shape index (κ1) is 13.5. The third-order valence-corrected chi connectivity index (χ3v) is 3.14. The Labute approximate surface area is 118 Å².